The van der Waals surface area contributed by atoms with Gasteiger partial charge >= 0.3 is 0 Å². The van der Waals surface area contributed by atoms with E-state index in [1.165, 1.54) is 4.90 Å². The van der Waals surface area contributed by atoms with Gasteiger partial charge in [-0.15, -0.1) is 0 Å². The highest BCUT2D eigenvalue weighted by atomic mass is 35.5. The number of anilines is 1. The summed E-state index contributed by atoms with van der Waals surface area (Å²) < 4.78 is 0. The van der Waals surface area contributed by atoms with Crippen molar-refractivity contribution in [2.75, 3.05) is 45.2 Å². The Bertz CT molecular complexity index is 652. The number of amides is 2. The van der Waals surface area contributed by atoms with Crippen LogP contribution in [-0.2, 0) is 4.79 Å². The molecule has 0 N–H and O–H groups in total. The molecule has 0 aliphatic carbocycles. The molecule has 2 amide bonds. The second kappa shape index (κ2) is 10.6. The number of hydrogen-bond donors (Lipinski definition) is 0. The van der Waals surface area contributed by atoms with Gasteiger partial charge in [0.25, 0.3) is 5.91 Å². The largest absolute Gasteiger partial charge is 0.357 e. The van der Waals surface area contributed by atoms with Gasteiger partial charge in [-0.3, -0.25) is 9.59 Å². The molecular weight excluding hydrogens is 376 g/mol. The van der Waals surface area contributed by atoms with E-state index in [0.717, 1.165) is 75.9 Å². The summed E-state index contributed by atoms with van der Waals surface area (Å²) in [6.45, 7) is 7.71. The molecule has 2 saturated heterocycles. The van der Waals surface area contributed by atoms with Crippen molar-refractivity contribution in [2.24, 2.45) is 11.8 Å². The summed E-state index contributed by atoms with van der Waals surface area (Å²) in [4.78, 5) is 33.0. The molecule has 2 fully saturated rings. The van der Waals surface area contributed by atoms with E-state index in [-0.39, 0.29) is 11.1 Å². The summed E-state index contributed by atoms with van der Waals surface area (Å²) in [5.74, 6) is 2.17. The van der Waals surface area contributed by atoms with Crippen LogP contribution in [0.1, 0.15) is 49.9 Å². The Kier molecular flexibility index (Phi) is 8.55. The van der Waals surface area contributed by atoms with E-state index in [2.05, 4.69) is 9.88 Å². The predicted octanol–water partition coefficient (Wildman–Crippen LogP) is 3.55. The number of aromatic nitrogens is 1. The fraction of sp³-hybridized carbons (Fsp3) is 0.667. The molecule has 2 aliphatic rings. The summed E-state index contributed by atoms with van der Waals surface area (Å²) in [5.41, 5.74) is 0.442. The third kappa shape index (κ3) is 5.37. The van der Waals surface area contributed by atoms with Crippen molar-refractivity contribution in [3.8, 4) is 0 Å². The molecule has 7 heteroatoms. The van der Waals surface area contributed by atoms with Crippen LogP contribution in [0.2, 0.25) is 5.15 Å². The number of likely N-dealkylation sites (tertiary alicyclic amines) is 1. The maximum Gasteiger partial charge on any atom is 0.256 e. The highest BCUT2D eigenvalue weighted by Crippen LogP contribution is 2.33. The summed E-state index contributed by atoms with van der Waals surface area (Å²) in [6, 6.07) is 3.67. The lowest BCUT2D eigenvalue weighted by atomic mass is 9.79. The lowest BCUT2D eigenvalue weighted by Gasteiger charge is -2.39. The number of carbonyl (C=O) groups excluding carboxylic acids is 2. The van der Waals surface area contributed by atoms with Gasteiger partial charge in [-0.25, -0.2) is 4.98 Å². The topological polar surface area (TPSA) is 56.8 Å². The minimum Gasteiger partial charge on any atom is -0.357 e. The maximum absolute atomic E-state index is 12.1. The molecule has 0 radical (unpaired) electrons. The Labute approximate surface area is 173 Å². The maximum atomic E-state index is 12.1. The van der Waals surface area contributed by atoms with Crippen LogP contribution < -0.4 is 4.90 Å². The zero-order valence-corrected chi connectivity index (χ0v) is 18.3. The zero-order chi connectivity index (χ0) is 20.7. The summed E-state index contributed by atoms with van der Waals surface area (Å²) in [6.07, 6.45) is 5.50. The van der Waals surface area contributed by atoms with Gasteiger partial charge in [0.15, 0.2) is 0 Å². The Morgan fingerprint density at radius 2 is 1.61 bits per heavy atom. The molecular formula is C21H33ClN4O2. The molecule has 156 valence electrons. The van der Waals surface area contributed by atoms with Gasteiger partial charge < -0.3 is 14.7 Å². The number of rotatable bonds is 4. The summed E-state index contributed by atoms with van der Waals surface area (Å²) in [5, 5.41) is 0.268. The first kappa shape index (κ1) is 22.5. The van der Waals surface area contributed by atoms with Crippen molar-refractivity contribution in [3.63, 3.8) is 0 Å². The van der Waals surface area contributed by atoms with E-state index in [4.69, 9.17) is 11.6 Å². The van der Waals surface area contributed by atoms with Crippen LogP contribution in [-0.4, -0.2) is 67.4 Å². The van der Waals surface area contributed by atoms with Crippen molar-refractivity contribution in [1.82, 2.24) is 14.8 Å². The molecule has 0 spiro atoms. The molecule has 1 aromatic rings. The van der Waals surface area contributed by atoms with Gasteiger partial charge in [0.1, 0.15) is 11.0 Å². The van der Waals surface area contributed by atoms with Crippen molar-refractivity contribution < 1.29 is 9.59 Å². The number of nitrogens with zero attached hydrogens (tertiary/aromatic N) is 4. The van der Waals surface area contributed by atoms with Gasteiger partial charge in [0.05, 0.1) is 5.56 Å². The molecule has 2 aliphatic heterocycles. The van der Waals surface area contributed by atoms with E-state index < -0.39 is 0 Å². The third-order valence-electron chi connectivity index (χ3n) is 5.72. The molecule has 0 aromatic carbocycles. The highest BCUT2D eigenvalue weighted by Gasteiger charge is 2.29. The number of halogens is 1. The highest BCUT2D eigenvalue weighted by molar-refractivity contribution is 6.32. The molecule has 0 saturated carbocycles. The van der Waals surface area contributed by atoms with Gasteiger partial charge in [-0.1, -0.05) is 25.4 Å². The van der Waals surface area contributed by atoms with Crippen LogP contribution in [0.3, 0.4) is 0 Å². The molecule has 0 bridgehead atoms. The fourth-order valence-electron chi connectivity index (χ4n) is 4.10. The average Bonchev–Trinajstić information content (AvgIpc) is 2.75. The lowest BCUT2D eigenvalue weighted by molar-refractivity contribution is -0.119. The van der Waals surface area contributed by atoms with Crippen LogP contribution in [0, 0.1) is 11.8 Å². The SMILES string of the molecule is CC.CN(C)C(=O)c1ccc(N2CCC(C3CCN(C=O)CC3)CC2)nc1Cl. The average molecular weight is 409 g/mol. The van der Waals surface area contributed by atoms with Gasteiger partial charge in [0.2, 0.25) is 6.41 Å². The smallest absolute Gasteiger partial charge is 0.256 e. The van der Waals surface area contributed by atoms with E-state index in [1.807, 2.05) is 24.8 Å². The Morgan fingerprint density at radius 1 is 1.07 bits per heavy atom. The van der Waals surface area contributed by atoms with Crippen LogP contribution in [0.15, 0.2) is 12.1 Å². The second-order valence-electron chi connectivity index (χ2n) is 7.51. The van der Waals surface area contributed by atoms with Gasteiger partial charge in [0, 0.05) is 40.3 Å². The van der Waals surface area contributed by atoms with Crippen LogP contribution in [0.4, 0.5) is 5.82 Å². The monoisotopic (exact) mass is 408 g/mol. The third-order valence-corrected chi connectivity index (χ3v) is 6.01. The minimum atomic E-state index is -0.130. The molecule has 28 heavy (non-hydrogen) atoms. The first-order valence-electron chi connectivity index (χ1n) is 10.3. The Morgan fingerprint density at radius 3 is 2.07 bits per heavy atom. The lowest BCUT2D eigenvalue weighted by Crippen LogP contribution is -2.40. The number of hydrogen-bond acceptors (Lipinski definition) is 4. The molecule has 0 unspecified atom stereocenters. The van der Waals surface area contributed by atoms with E-state index in [0.29, 0.717) is 5.56 Å². The van der Waals surface area contributed by atoms with Crippen LogP contribution >= 0.6 is 11.6 Å². The number of pyridine rings is 1. The second-order valence-corrected chi connectivity index (χ2v) is 7.87. The van der Waals surface area contributed by atoms with Crippen LogP contribution in [0.5, 0.6) is 0 Å². The molecule has 3 heterocycles. The molecule has 3 rings (SSSR count). The van der Waals surface area contributed by atoms with Gasteiger partial charge in [-0.05, 0) is 49.7 Å². The van der Waals surface area contributed by atoms with E-state index in [1.54, 1.807) is 20.2 Å². The van der Waals surface area contributed by atoms with E-state index in [9.17, 15) is 9.59 Å². The summed E-state index contributed by atoms with van der Waals surface area (Å²) in [7, 11) is 3.41. The minimum absolute atomic E-state index is 0.130. The molecule has 0 atom stereocenters. The normalized spacial score (nSPS) is 18.3. The quantitative estimate of drug-likeness (QED) is 0.564. The van der Waals surface area contributed by atoms with Crippen molar-refractivity contribution in [2.45, 2.75) is 39.5 Å². The summed E-state index contributed by atoms with van der Waals surface area (Å²) >= 11 is 6.25. The first-order valence-corrected chi connectivity index (χ1v) is 10.7. The zero-order valence-electron chi connectivity index (χ0n) is 17.5. The Hall–Kier alpha value is -1.82. The molecule has 1 aromatic heterocycles. The fourth-order valence-corrected chi connectivity index (χ4v) is 4.33. The van der Waals surface area contributed by atoms with Crippen molar-refractivity contribution in [3.05, 3.63) is 22.8 Å². The van der Waals surface area contributed by atoms with Crippen LogP contribution in [0.25, 0.3) is 0 Å². The Balaban J connectivity index is 0.00000136. The first-order chi connectivity index (χ1) is 13.5. The number of carbonyl (C=O) groups is 2. The van der Waals surface area contributed by atoms with Crippen molar-refractivity contribution in [1.29, 1.82) is 0 Å². The number of piperidine rings is 2. The van der Waals surface area contributed by atoms with Crippen molar-refractivity contribution >= 4 is 29.7 Å². The standard InChI is InChI=1S/C19H27ClN4O2.C2H6/c1-22(2)19(26)16-3-4-17(21-18(16)20)24-11-7-15(8-12-24)14-5-9-23(13-25)10-6-14;1-2/h3-4,13-15H,5-12H2,1-2H3;1-2H3. The van der Waals surface area contributed by atoms with Gasteiger partial charge in [-0.2, -0.15) is 0 Å². The molecule has 6 nitrogen and oxygen atoms in total. The predicted molar refractivity (Wildman–Crippen MR) is 114 cm³/mol. The van der Waals surface area contributed by atoms with E-state index >= 15 is 0 Å².